The first kappa shape index (κ1) is 12.6. The van der Waals surface area contributed by atoms with E-state index < -0.39 is 0 Å². The first-order valence-electron chi connectivity index (χ1n) is 7.78. The van der Waals surface area contributed by atoms with Gasteiger partial charge in [0, 0.05) is 22.6 Å². The molecule has 0 N–H and O–H groups in total. The molecule has 1 saturated carbocycles. The topological polar surface area (TPSA) is 12.9 Å². The average Bonchev–Trinajstić information content (AvgIpc) is 2.45. The monoisotopic (exact) mass is 273 g/mol. The molecule has 0 radical (unpaired) electrons. The van der Waals surface area contributed by atoms with Crippen LogP contribution in [-0.2, 0) is 0 Å². The van der Waals surface area contributed by atoms with E-state index >= 15 is 0 Å². The minimum atomic E-state index is 0.666. The van der Waals surface area contributed by atoms with Gasteiger partial charge in [-0.05, 0) is 31.2 Å². The molecule has 1 nitrogen and oxygen atoms in total. The predicted molar refractivity (Wildman–Crippen MR) is 88.5 cm³/mol. The van der Waals surface area contributed by atoms with Crippen LogP contribution in [0, 0.1) is 6.92 Å². The Kier molecular flexibility index (Phi) is 2.99. The van der Waals surface area contributed by atoms with Gasteiger partial charge >= 0.3 is 0 Å². The van der Waals surface area contributed by atoms with E-state index in [4.69, 9.17) is 4.98 Å². The van der Waals surface area contributed by atoms with Gasteiger partial charge in [0.15, 0.2) is 0 Å². The molecule has 104 valence electrons. The molecule has 21 heavy (non-hydrogen) atoms. The summed E-state index contributed by atoms with van der Waals surface area (Å²) in [6.45, 7) is 2.13. The highest BCUT2D eigenvalue weighted by Gasteiger charge is 2.22. The summed E-state index contributed by atoms with van der Waals surface area (Å²) in [5.74, 6) is 0.666. The van der Waals surface area contributed by atoms with Crippen molar-refractivity contribution in [3.8, 4) is 11.3 Å². The van der Waals surface area contributed by atoms with Crippen molar-refractivity contribution >= 4 is 10.8 Å². The zero-order valence-electron chi connectivity index (χ0n) is 12.3. The molecule has 0 amide bonds. The highest BCUT2D eigenvalue weighted by atomic mass is 14.7. The van der Waals surface area contributed by atoms with Crippen molar-refractivity contribution in [2.24, 2.45) is 0 Å². The summed E-state index contributed by atoms with van der Waals surface area (Å²) in [5.41, 5.74) is 4.92. The Labute approximate surface area is 125 Å². The van der Waals surface area contributed by atoms with Crippen LogP contribution < -0.4 is 0 Å². The minimum Gasteiger partial charge on any atom is -0.252 e. The summed E-state index contributed by atoms with van der Waals surface area (Å²) in [6.07, 6.45) is 3.93. The maximum absolute atomic E-state index is 5.02. The highest BCUT2D eigenvalue weighted by molar-refractivity contribution is 5.94. The van der Waals surface area contributed by atoms with Crippen LogP contribution in [0.1, 0.15) is 36.4 Å². The van der Waals surface area contributed by atoms with Crippen LogP contribution in [0.25, 0.3) is 22.0 Å². The molecule has 1 aliphatic rings. The lowest BCUT2D eigenvalue weighted by Gasteiger charge is -2.25. The van der Waals surface area contributed by atoms with Gasteiger partial charge < -0.3 is 0 Å². The Morgan fingerprint density at radius 3 is 2.43 bits per heavy atom. The SMILES string of the molecule is Cc1ccc(-c2nc(C3CCC3)cc3ccccc23)cc1. The molecular weight excluding hydrogens is 254 g/mol. The Hall–Kier alpha value is -2.15. The van der Waals surface area contributed by atoms with Crippen LogP contribution in [0.2, 0.25) is 0 Å². The second-order valence-electron chi connectivity index (χ2n) is 6.11. The van der Waals surface area contributed by atoms with Crippen molar-refractivity contribution in [1.82, 2.24) is 4.98 Å². The molecule has 1 heteroatoms. The minimum absolute atomic E-state index is 0.666. The first-order valence-corrected chi connectivity index (χ1v) is 7.78. The summed E-state index contributed by atoms with van der Waals surface area (Å²) in [6, 6.07) is 19.6. The molecule has 0 aliphatic heterocycles. The van der Waals surface area contributed by atoms with E-state index in [2.05, 4.69) is 61.5 Å². The molecule has 4 rings (SSSR count). The maximum atomic E-state index is 5.02. The summed E-state index contributed by atoms with van der Waals surface area (Å²) < 4.78 is 0. The number of fused-ring (bicyclic) bond motifs is 1. The molecular formula is C20H19N. The zero-order chi connectivity index (χ0) is 14.2. The molecule has 1 heterocycles. The van der Waals surface area contributed by atoms with Crippen molar-refractivity contribution in [3.05, 3.63) is 65.9 Å². The van der Waals surface area contributed by atoms with E-state index in [0.29, 0.717) is 5.92 Å². The normalized spacial score (nSPS) is 15.1. The van der Waals surface area contributed by atoms with Gasteiger partial charge in [-0.25, -0.2) is 0 Å². The first-order chi connectivity index (χ1) is 10.3. The fourth-order valence-electron chi connectivity index (χ4n) is 3.06. The van der Waals surface area contributed by atoms with E-state index in [-0.39, 0.29) is 0 Å². The number of nitrogens with zero attached hydrogens (tertiary/aromatic N) is 1. The zero-order valence-corrected chi connectivity index (χ0v) is 12.3. The van der Waals surface area contributed by atoms with Crippen LogP contribution in [-0.4, -0.2) is 4.98 Å². The van der Waals surface area contributed by atoms with E-state index in [1.165, 1.54) is 46.9 Å². The molecule has 0 spiro atoms. The molecule has 2 aromatic carbocycles. The van der Waals surface area contributed by atoms with Crippen molar-refractivity contribution in [2.75, 3.05) is 0 Å². The predicted octanol–water partition coefficient (Wildman–Crippen LogP) is 5.48. The maximum Gasteiger partial charge on any atom is 0.0783 e. The quantitative estimate of drug-likeness (QED) is 0.602. The third-order valence-electron chi connectivity index (χ3n) is 4.61. The average molecular weight is 273 g/mol. The second-order valence-corrected chi connectivity index (χ2v) is 6.11. The highest BCUT2D eigenvalue weighted by Crippen LogP contribution is 2.38. The molecule has 0 saturated heterocycles. The van der Waals surface area contributed by atoms with Gasteiger partial charge in [0.2, 0.25) is 0 Å². The Balaban J connectivity index is 1.94. The number of aryl methyl sites for hydroxylation is 1. The van der Waals surface area contributed by atoms with Gasteiger partial charge in [-0.2, -0.15) is 0 Å². The van der Waals surface area contributed by atoms with Gasteiger partial charge in [0.05, 0.1) is 5.69 Å². The van der Waals surface area contributed by atoms with Crippen LogP contribution >= 0.6 is 0 Å². The van der Waals surface area contributed by atoms with E-state index in [1.807, 2.05) is 0 Å². The Morgan fingerprint density at radius 2 is 1.71 bits per heavy atom. The molecule has 0 bridgehead atoms. The van der Waals surface area contributed by atoms with Crippen LogP contribution in [0.3, 0.4) is 0 Å². The molecule has 1 aromatic heterocycles. The Morgan fingerprint density at radius 1 is 0.952 bits per heavy atom. The fourth-order valence-corrected chi connectivity index (χ4v) is 3.06. The van der Waals surface area contributed by atoms with Gasteiger partial charge in [-0.1, -0.05) is 60.5 Å². The van der Waals surface area contributed by atoms with Gasteiger partial charge in [-0.15, -0.1) is 0 Å². The van der Waals surface area contributed by atoms with Crippen molar-refractivity contribution in [3.63, 3.8) is 0 Å². The van der Waals surface area contributed by atoms with Gasteiger partial charge in [-0.3, -0.25) is 4.98 Å². The van der Waals surface area contributed by atoms with Crippen molar-refractivity contribution in [1.29, 1.82) is 0 Å². The molecule has 1 fully saturated rings. The third kappa shape index (κ3) is 2.23. The number of rotatable bonds is 2. The second kappa shape index (κ2) is 5.00. The largest absolute Gasteiger partial charge is 0.252 e. The molecule has 0 atom stereocenters. The Bertz CT molecular complexity index is 783. The lowest BCUT2D eigenvalue weighted by molar-refractivity contribution is 0.412. The van der Waals surface area contributed by atoms with E-state index in [9.17, 15) is 0 Å². The lowest BCUT2D eigenvalue weighted by atomic mass is 9.82. The van der Waals surface area contributed by atoms with E-state index in [1.54, 1.807) is 0 Å². The number of hydrogen-bond acceptors (Lipinski definition) is 1. The summed E-state index contributed by atoms with van der Waals surface area (Å²) >= 11 is 0. The lowest BCUT2D eigenvalue weighted by Crippen LogP contribution is -2.11. The molecule has 0 unspecified atom stereocenters. The van der Waals surface area contributed by atoms with Crippen molar-refractivity contribution in [2.45, 2.75) is 32.1 Å². The van der Waals surface area contributed by atoms with Gasteiger partial charge in [0.25, 0.3) is 0 Å². The molecule has 3 aromatic rings. The number of benzene rings is 2. The van der Waals surface area contributed by atoms with E-state index in [0.717, 1.165) is 5.69 Å². The number of aromatic nitrogens is 1. The van der Waals surface area contributed by atoms with Crippen LogP contribution in [0.5, 0.6) is 0 Å². The number of pyridine rings is 1. The van der Waals surface area contributed by atoms with Crippen molar-refractivity contribution < 1.29 is 0 Å². The molecule has 1 aliphatic carbocycles. The third-order valence-corrected chi connectivity index (χ3v) is 4.61. The number of hydrogen-bond donors (Lipinski definition) is 0. The summed E-state index contributed by atoms with van der Waals surface area (Å²) in [5, 5.41) is 2.56. The standard InChI is InChI=1S/C20H19N/c1-14-9-11-16(12-10-14)20-18-8-3-2-5-17(18)13-19(21-20)15-6-4-7-15/h2-3,5,8-13,15H,4,6-7H2,1H3. The smallest absolute Gasteiger partial charge is 0.0783 e. The van der Waals surface area contributed by atoms with Gasteiger partial charge in [0.1, 0.15) is 0 Å². The summed E-state index contributed by atoms with van der Waals surface area (Å²) in [7, 11) is 0. The van der Waals surface area contributed by atoms with Crippen LogP contribution in [0.4, 0.5) is 0 Å². The van der Waals surface area contributed by atoms with Crippen LogP contribution in [0.15, 0.2) is 54.6 Å². The fraction of sp³-hybridized carbons (Fsp3) is 0.250. The summed E-state index contributed by atoms with van der Waals surface area (Å²) in [4.78, 5) is 5.02.